The Morgan fingerprint density at radius 3 is 2.80 bits per heavy atom. The van der Waals surface area contributed by atoms with Gasteiger partial charge >= 0.3 is 0 Å². The van der Waals surface area contributed by atoms with Crippen molar-refractivity contribution in [3.8, 4) is 0 Å². The van der Waals surface area contributed by atoms with Crippen LogP contribution in [0.4, 0.5) is 0 Å². The fraction of sp³-hybridized carbons (Fsp3) is 0.471. The van der Waals surface area contributed by atoms with E-state index in [-0.39, 0.29) is 5.41 Å². The highest BCUT2D eigenvalue weighted by Gasteiger charge is 2.38. The third-order valence-corrected chi connectivity index (χ3v) is 4.59. The van der Waals surface area contributed by atoms with E-state index in [1.165, 1.54) is 0 Å². The minimum atomic E-state index is -0.149. The van der Waals surface area contributed by atoms with Crippen LogP contribution in [0.5, 0.6) is 0 Å². The minimum absolute atomic E-state index is 0.149. The zero-order chi connectivity index (χ0) is 14.0. The lowest BCUT2D eigenvalue weighted by molar-refractivity contribution is 0.0704. The van der Waals surface area contributed by atoms with E-state index in [2.05, 4.69) is 17.2 Å². The molecule has 1 aromatic heterocycles. The van der Waals surface area contributed by atoms with Gasteiger partial charge in [0.2, 0.25) is 0 Å². The molecule has 0 spiro atoms. The maximum Gasteiger partial charge on any atom is 0.169 e. The molecule has 1 fully saturated rings. The number of aromatic amines is 1. The Hall–Kier alpha value is -1.61. The molecule has 1 saturated heterocycles. The van der Waals surface area contributed by atoms with Gasteiger partial charge in [-0.05, 0) is 56.6 Å². The van der Waals surface area contributed by atoms with E-state index in [0.717, 1.165) is 55.2 Å². The summed E-state index contributed by atoms with van der Waals surface area (Å²) in [5.41, 5.74) is 1.81. The van der Waals surface area contributed by atoms with Gasteiger partial charge in [0.05, 0.1) is 0 Å². The molecule has 0 radical (unpaired) electrons. The number of rotatable bonds is 4. The number of carbonyl (C=O) groups excluding carboxylic acids is 1. The van der Waals surface area contributed by atoms with Gasteiger partial charge in [-0.3, -0.25) is 4.79 Å². The molecule has 0 saturated carbocycles. The maximum absolute atomic E-state index is 13.0. The van der Waals surface area contributed by atoms with E-state index in [1.54, 1.807) is 0 Å². The van der Waals surface area contributed by atoms with Crippen LogP contribution < -0.4 is 5.32 Å². The second-order valence-electron chi connectivity index (χ2n) is 5.89. The third kappa shape index (κ3) is 2.27. The fourth-order valence-corrected chi connectivity index (χ4v) is 3.48. The molecule has 3 rings (SSSR count). The van der Waals surface area contributed by atoms with Crippen molar-refractivity contribution in [3.05, 3.63) is 36.0 Å². The summed E-state index contributed by atoms with van der Waals surface area (Å²) in [6, 6.07) is 8.05. The molecule has 0 amide bonds. The first-order chi connectivity index (χ1) is 9.75. The summed E-state index contributed by atoms with van der Waals surface area (Å²) in [5, 5.41) is 4.49. The lowest BCUT2D eigenvalue weighted by Crippen LogP contribution is -2.42. The highest BCUT2D eigenvalue weighted by molar-refractivity contribution is 6.03. The summed E-state index contributed by atoms with van der Waals surface area (Å²) < 4.78 is 0. The first-order valence-electron chi connectivity index (χ1n) is 7.58. The number of hydrogen-bond acceptors (Lipinski definition) is 2. The van der Waals surface area contributed by atoms with E-state index >= 15 is 0 Å². The summed E-state index contributed by atoms with van der Waals surface area (Å²) >= 11 is 0. The molecule has 1 aromatic carbocycles. The lowest BCUT2D eigenvalue weighted by atomic mass is 9.70. The van der Waals surface area contributed by atoms with E-state index in [9.17, 15) is 4.79 Å². The average Bonchev–Trinajstić information content (AvgIpc) is 2.95. The Morgan fingerprint density at radius 2 is 2.05 bits per heavy atom. The number of aromatic nitrogens is 1. The van der Waals surface area contributed by atoms with Crippen molar-refractivity contribution in [2.24, 2.45) is 5.41 Å². The molecule has 0 bridgehead atoms. The topological polar surface area (TPSA) is 44.9 Å². The smallest absolute Gasteiger partial charge is 0.169 e. The van der Waals surface area contributed by atoms with E-state index in [1.807, 2.05) is 30.5 Å². The average molecular weight is 270 g/mol. The molecule has 0 aliphatic carbocycles. The van der Waals surface area contributed by atoms with Gasteiger partial charge in [0.15, 0.2) is 5.78 Å². The highest BCUT2D eigenvalue weighted by atomic mass is 16.1. The summed E-state index contributed by atoms with van der Waals surface area (Å²) in [5.74, 6) is 0.337. The summed E-state index contributed by atoms with van der Waals surface area (Å²) in [7, 11) is 0. The van der Waals surface area contributed by atoms with Crippen molar-refractivity contribution in [2.45, 2.75) is 32.6 Å². The van der Waals surface area contributed by atoms with Gasteiger partial charge in [-0.25, -0.2) is 0 Å². The summed E-state index contributed by atoms with van der Waals surface area (Å²) in [4.78, 5) is 16.2. The Morgan fingerprint density at radius 1 is 1.25 bits per heavy atom. The number of nitrogens with one attached hydrogen (secondary N) is 2. The number of piperidine rings is 1. The number of H-pyrrole nitrogens is 1. The Kier molecular flexibility index (Phi) is 3.62. The zero-order valence-electron chi connectivity index (χ0n) is 12.0. The molecule has 2 N–H and O–H groups in total. The number of benzene rings is 1. The molecule has 2 aromatic rings. The molecule has 2 heterocycles. The van der Waals surface area contributed by atoms with E-state index in [4.69, 9.17) is 0 Å². The highest BCUT2D eigenvalue weighted by Crippen LogP contribution is 2.37. The van der Waals surface area contributed by atoms with Crippen LogP contribution in [0.2, 0.25) is 0 Å². The third-order valence-electron chi connectivity index (χ3n) is 4.59. The minimum Gasteiger partial charge on any atom is -0.361 e. The fourth-order valence-electron chi connectivity index (χ4n) is 3.48. The van der Waals surface area contributed by atoms with Crippen LogP contribution in [0.25, 0.3) is 10.9 Å². The maximum atomic E-state index is 13.0. The van der Waals surface area contributed by atoms with Gasteiger partial charge < -0.3 is 10.3 Å². The first kappa shape index (κ1) is 13.4. The molecule has 106 valence electrons. The number of fused-ring (bicyclic) bond motifs is 1. The molecule has 1 aliphatic rings. The van der Waals surface area contributed by atoms with Gasteiger partial charge in [-0.15, -0.1) is 0 Å². The van der Waals surface area contributed by atoms with Gasteiger partial charge in [-0.2, -0.15) is 0 Å². The Labute approximate surface area is 119 Å². The predicted molar refractivity (Wildman–Crippen MR) is 82.1 cm³/mol. The van der Waals surface area contributed by atoms with Crippen molar-refractivity contribution in [2.75, 3.05) is 13.1 Å². The van der Waals surface area contributed by atoms with Crippen molar-refractivity contribution >= 4 is 16.7 Å². The zero-order valence-corrected chi connectivity index (χ0v) is 12.0. The molecule has 3 heteroatoms. The second kappa shape index (κ2) is 5.41. The normalized spacial score (nSPS) is 18.2. The first-order valence-corrected chi connectivity index (χ1v) is 7.58. The molecular formula is C17H22N2O. The van der Waals surface area contributed by atoms with Crippen LogP contribution in [0, 0.1) is 5.41 Å². The van der Waals surface area contributed by atoms with Crippen LogP contribution in [0.1, 0.15) is 43.0 Å². The van der Waals surface area contributed by atoms with Gasteiger partial charge in [-0.1, -0.05) is 13.3 Å². The van der Waals surface area contributed by atoms with Crippen LogP contribution in [-0.4, -0.2) is 23.9 Å². The number of hydrogen-bond donors (Lipinski definition) is 2. The van der Waals surface area contributed by atoms with Crippen LogP contribution >= 0.6 is 0 Å². The standard InChI is InChI=1S/C17H22N2O/c1-2-6-17(7-10-18-11-8-17)16(20)14-3-4-15-13(12-14)5-9-19-15/h3-5,9,12,18-19H,2,6-8,10-11H2,1H3. The predicted octanol–water partition coefficient (Wildman–Crippen LogP) is 3.52. The monoisotopic (exact) mass is 270 g/mol. The Bertz CT molecular complexity index is 603. The lowest BCUT2D eigenvalue weighted by Gasteiger charge is -2.36. The molecule has 0 atom stereocenters. The summed E-state index contributed by atoms with van der Waals surface area (Å²) in [6.07, 6.45) is 5.91. The van der Waals surface area contributed by atoms with Crippen molar-refractivity contribution in [1.82, 2.24) is 10.3 Å². The molecule has 0 unspecified atom stereocenters. The second-order valence-corrected chi connectivity index (χ2v) is 5.89. The Balaban J connectivity index is 1.95. The number of carbonyl (C=O) groups is 1. The van der Waals surface area contributed by atoms with E-state index < -0.39 is 0 Å². The molecular weight excluding hydrogens is 248 g/mol. The van der Waals surface area contributed by atoms with Crippen LogP contribution in [0.15, 0.2) is 30.5 Å². The largest absolute Gasteiger partial charge is 0.361 e. The molecule has 3 nitrogen and oxygen atoms in total. The van der Waals surface area contributed by atoms with Gasteiger partial charge in [0, 0.05) is 28.1 Å². The summed E-state index contributed by atoms with van der Waals surface area (Å²) in [6.45, 7) is 4.09. The SMILES string of the molecule is CCCC1(C(=O)c2ccc3[nH]ccc3c2)CCNCC1. The number of Topliss-reactive ketones (excluding diaryl/α,β-unsaturated/α-hetero) is 1. The van der Waals surface area contributed by atoms with Crippen LogP contribution in [0.3, 0.4) is 0 Å². The van der Waals surface area contributed by atoms with Crippen molar-refractivity contribution < 1.29 is 4.79 Å². The van der Waals surface area contributed by atoms with Crippen LogP contribution in [-0.2, 0) is 0 Å². The van der Waals surface area contributed by atoms with Gasteiger partial charge in [0.25, 0.3) is 0 Å². The number of ketones is 1. The van der Waals surface area contributed by atoms with Gasteiger partial charge in [0.1, 0.15) is 0 Å². The van der Waals surface area contributed by atoms with Crippen molar-refractivity contribution in [3.63, 3.8) is 0 Å². The molecule has 1 aliphatic heterocycles. The molecule has 20 heavy (non-hydrogen) atoms. The quantitative estimate of drug-likeness (QED) is 0.835. The van der Waals surface area contributed by atoms with E-state index in [0.29, 0.717) is 5.78 Å². The van der Waals surface area contributed by atoms with Crippen molar-refractivity contribution in [1.29, 1.82) is 0 Å².